The van der Waals surface area contributed by atoms with E-state index in [4.69, 9.17) is 16.6 Å². The van der Waals surface area contributed by atoms with Gasteiger partial charge in [-0.1, -0.05) is 57.0 Å². The first-order chi connectivity index (χ1) is 17.1. The number of rotatable bonds is 8. The Balaban J connectivity index is 1.50. The van der Waals surface area contributed by atoms with Gasteiger partial charge in [0.25, 0.3) is 0 Å². The van der Waals surface area contributed by atoms with E-state index in [1.54, 1.807) is 6.33 Å². The molecule has 0 radical (unpaired) electrons. The van der Waals surface area contributed by atoms with Crippen molar-refractivity contribution in [3.8, 4) is 33.6 Å². The maximum Gasteiger partial charge on any atom is 0.0961 e. The van der Waals surface area contributed by atoms with Crippen LogP contribution in [0.5, 0.6) is 0 Å². The van der Waals surface area contributed by atoms with E-state index in [-0.39, 0.29) is 0 Å². The summed E-state index contributed by atoms with van der Waals surface area (Å²) >= 11 is 6.23. The van der Waals surface area contributed by atoms with Crippen LogP contribution in [0.4, 0.5) is 0 Å². The molecule has 1 unspecified atom stereocenters. The molecular formula is C30H31ClN4. The molecule has 1 N–H and O–H groups in total. The highest BCUT2D eigenvalue weighted by atomic mass is 35.5. The molecule has 0 bridgehead atoms. The minimum absolute atomic E-state index is 0.700. The number of H-pyrrole nitrogens is 1. The van der Waals surface area contributed by atoms with E-state index in [1.165, 1.54) is 24.1 Å². The van der Waals surface area contributed by atoms with E-state index >= 15 is 0 Å². The summed E-state index contributed by atoms with van der Waals surface area (Å²) in [6, 6.07) is 18.7. The largest absolute Gasteiger partial charge is 0.351 e. The first-order valence-corrected chi connectivity index (χ1v) is 12.8. The fourth-order valence-corrected chi connectivity index (χ4v) is 4.79. The zero-order valence-electron chi connectivity index (χ0n) is 20.6. The summed E-state index contributed by atoms with van der Waals surface area (Å²) in [5.41, 5.74) is 8.66. The number of fused-ring (bicyclic) bond motifs is 1. The average Bonchev–Trinajstić information content (AvgIpc) is 3.54. The second-order valence-corrected chi connectivity index (χ2v) is 9.77. The van der Waals surface area contributed by atoms with E-state index < -0.39 is 0 Å². The molecule has 178 valence electrons. The highest BCUT2D eigenvalue weighted by Crippen LogP contribution is 2.33. The molecule has 35 heavy (non-hydrogen) atoms. The molecule has 0 saturated heterocycles. The normalized spacial score (nSPS) is 12.3. The van der Waals surface area contributed by atoms with E-state index in [0.717, 1.165) is 57.9 Å². The molecule has 0 aliphatic rings. The third kappa shape index (κ3) is 4.89. The number of aromatic amines is 1. The lowest BCUT2D eigenvalue weighted by Crippen LogP contribution is -2.04. The van der Waals surface area contributed by atoms with Crippen molar-refractivity contribution in [3.05, 3.63) is 84.0 Å². The molecule has 4 nitrogen and oxygen atoms in total. The average molecular weight is 483 g/mol. The molecule has 5 heteroatoms. The number of imidazole rings is 1. The van der Waals surface area contributed by atoms with Gasteiger partial charge in [-0.05, 0) is 55.2 Å². The van der Waals surface area contributed by atoms with E-state index in [0.29, 0.717) is 5.02 Å². The number of halogens is 1. The highest BCUT2D eigenvalue weighted by molar-refractivity contribution is 6.30. The number of nitrogens with one attached hydrogen (secondary N) is 1. The number of aryl methyl sites for hydroxylation is 2. The predicted molar refractivity (Wildman–Crippen MR) is 147 cm³/mol. The fourth-order valence-electron chi connectivity index (χ4n) is 4.60. The van der Waals surface area contributed by atoms with Gasteiger partial charge in [-0.25, -0.2) is 4.98 Å². The van der Waals surface area contributed by atoms with Crippen molar-refractivity contribution >= 4 is 22.5 Å². The Labute approximate surface area is 212 Å². The first kappa shape index (κ1) is 23.4. The molecule has 5 aromatic rings. The smallest absolute Gasteiger partial charge is 0.0961 e. The van der Waals surface area contributed by atoms with Gasteiger partial charge in [0.15, 0.2) is 0 Å². The zero-order valence-corrected chi connectivity index (χ0v) is 21.3. The summed E-state index contributed by atoms with van der Waals surface area (Å²) in [5, 5.41) is 1.81. The second-order valence-electron chi connectivity index (χ2n) is 9.34. The van der Waals surface area contributed by atoms with Gasteiger partial charge in [0.2, 0.25) is 0 Å². The van der Waals surface area contributed by atoms with Gasteiger partial charge < -0.3 is 9.55 Å². The summed E-state index contributed by atoms with van der Waals surface area (Å²) in [7, 11) is 0. The fraction of sp³-hybridized carbons (Fsp3) is 0.267. The molecule has 0 aliphatic carbocycles. The van der Waals surface area contributed by atoms with Crippen LogP contribution < -0.4 is 0 Å². The van der Waals surface area contributed by atoms with Crippen molar-refractivity contribution in [2.75, 3.05) is 0 Å². The van der Waals surface area contributed by atoms with Gasteiger partial charge in [-0.2, -0.15) is 0 Å². The Morgan fingerprint density at radius 3 is 2.60 bits per heavy atom. The molecule has 5 rings (SSSR count). The lowest BCUT2D eigenvalue weighted by Gasteiger charge is -2.11. The van der Waals surface area contributed by atoms with Gasteiger partial charge >= 0.3 is 0 Å². The Morgan fingerprint density at radius 2 is 1.80 bits per heavy atom. The number of pyridine rings is 1. The highest BCUT2D eigenvalue weighted by Gasteiger charge is 2.13. The summed E-state index contributed by atoms with van der Waals surface area (Å²) in [5.74, 6) is 0.741. The van der Waals surface area contributed by atoms with Crippen molar-refractivity contribution in [1.82, 2.24) is 19.5 Å². The van der Waals surface area contributed by atoms with Crippen molar-refractivity contribution in [3.63, 3.8) is 0 Å². The molecule has 0 aliphatic heterocycles. The number of hydrogen-bond acceptors (Lipinski definition) is 2. The lowest BCUT2D eigenvalue weighted by molar-refractivity contribution is 0.464. The van der Waals surface area contributed by atoms with Gasteiger partial charge in [0, 0.05) is 57.3 Å². The molecular weight excluding hydrogens is 452 g/mol. The van der Waals surface area contributed by atoms with Crippen LogP contribution in [0.15, 0.2) is 73.3 Å². The van der Waals surface area contributed by atoms with Gasteiger partial charge in [0.05, 0.1) is 23.2 Å². The summed E-state index contributed by atoms with van der Waals surface area (Å²) in [6.45, 7) is 7.89. The monoisotopic (exact) mass is 482 g/mol. The van der Waals surface area contributed by atoms with Gasteiger partial charge in [-0.3, -0.25) is 4.98 Å². The Kier molecular flexibility index (Phi) is 6.74. The Bertz CT molecular complexity index is 1460. The van der Waals surface area contributed by atoms with Crippen molar-refractivity contribution in [1.29, 1.82) is 0 Å². The van der Waals surface area contributed by atoms with Crippen LogP contribution in [-0.4, -0.2) is 19.5 Å². The second kappa shape index (κ2) is 10.1. The maximum atomic E-state index is 6.23. The maximum absolute atomic E-state index is 6.23. The standard InChI is InChI=1S/C30H31ClN4/c1-4-20(3)11-12-35-18-25(16-27(35)5-2)24-14-23-13-22(9-10-28(23)32-17-24)30-29(33-19-34-30)21-7-6-8-26(31)15-21/h6-10,13-20H,4-5,11-12H2,1-3H3,(H,33,34). The topological polar surface area (TPSA) is 46.5 Å². The quantitative estimate of drug-likeness (QED) is 0.241. The third-order valence-corrected chi connectivity index (χ3v) is 7.18. The SMILES string of the molecule is CCc1cc(-c2cnc3ccc(-c4[nH]cnc4-c4cccc(Cl)c4)cc3c2)cn1CCC(C)CC. The van der Waals surface area contributed by atoms with Gasteiger partial charge in [-0.15, -0.1) is 0 Å². The summed E-state index contributed by atoms with van der Waals surface area (Å²) < 4.78 is 2.42. The van der Waals surface area contributed by atoms with Crippen molar-refractivity contribution < 1.29 is 0 Å². The van der Waals surface area contributed by atoms with Crippen LogP contribution in [0.2, 0.25) is 5.02 Å². The number of benzene rings is 2. The number of hydrogen-bond donors (Lipinski definition) is 1. The van der Waals surface area contributed by atoms with Crippen LogP contribution in [0.3, 0.4) is 0 Å². The van der Waals surface area contributed by atoms with Crippen LogP contribution in [0.1, 0.15) is 39.3 Å². The minimum atomic E-state index is 0.700. The summed E-state index contributed by atoms with van der Waals surface area (Å²) in [6.07, 6.45) is 9.47. The number of nitrogens with zero attached hydrogens (tertiary/aromatic N) is 3. The Hall–Kier alpha value is -3.37. The Morgan fingerprint density at radius 1 is 0.943 bits per heavy atom. The van der Waals surface area contributed by atoms with Crippen LogP contribution in [0, 0.1) is 5.92 Å². The molecule has 1 atom stereocenters. The van der Waals surface area contributed by atoms with Crippen LogP contribution in [0.25, 0.3) is 44.5 Å². The molecule has 2 aromatic carbocycles. The number of aromatic nitrogens is 4. The molecule has 0 amide bonds. The van der Waals surface area contributed by atoms with Crippen LogP contribution in [-0.2, 0) is 13.0 Å². The lowest BCUT2D eigenvalue weighted by atomic mass is 10.0. The van der Waals surface area contributed by atoms with Gasteiger partial charge in [0.1, 0.15) is 0 Å². The predicted octanol–water partition coefficient (Wildman–Crippen LogP) is 8.41. The summed E-state index contributed by atoms with van der Waals surface area (Å²) in [4.78, 5) is 12.7. The molecule has 0 spiro atoms. The molecule has 0 saturated carbocycles. The van der Waals surface area contributed by atoms with Crippen LogP contribution >= 0.6 is 11.6 Å². The van der Waals surface area contributed by atoms with Crippen molar-refractivity contribution in [2.45, 2.75) is 46.6 Å². The van der Waals surface area contributed by atoms with Crippen molar-refractivity contribution in [2.24, 2.45) is 5.92 Å². The van der Waals surface area contributed by atoms with E-state index in [9.17, 15) is 0 Å². The molecule has 3 aromatic heterocycles. The molecule has 3 heterocycles. The zero-order chi connectivity index (χ0) is 24.4. The minimum Gasteiger partial charge on any atom is -0.351 e. The van der Waals surface area contributed by atoms with E-state index in [2.05, 4.69) is 71.8 Å². The van der Waals surface area contributed by atoms with E-state index in [1.807, 2.05) is 30.5 Å². The third-order valence-electron chi connectivity index (χ3n) is 6.95. The molecule has 0 fully saturated rings. The first-order valence-electron chi connectivity index (χ1n) is 12.4.